The zero-order chi connectivity index (χ0) is 20.6. The van der Waals surface area contributed by atoms with E-state index in [0.29, 0.717) is 11.8 Å². The largest absolute Gasteiger partial charge is 0.368 e. The fourth-order valence-corrected chi connectivity index (χ4v) is 4.81. The van der Waals surface area contributed by atoms with Gasteiger partial charge in [0.2, 0.25) is 0 Å². The molecule has 1 aromatic rings. The van der Waals surface area contributed by atoms with Crippen molar-refractivity contribution < 1.29 is 0 Å². The standard InChI is InChI=1S/C25H34ClN3/c1-4-20-16-22(26)9-10-23(20)25(24-8-6-7-13-28-24)21-11-14-29(15-12-21)18-19(3)17-27-5-2/h5,8-10,13,16-17,21,25,27H,2,4,6-7,11-12,14-15,18H2,1,3H3/b19-17+. The predicted molar refractivity (Wildman–Crippen MR) is 126 cm³/mol. The number of likely N-dealkylation sites (tertiary alicyclic amines) is 1. The lowest BCUT2D eigenvalue weighted by atomic mass is 9.76. The normalized spacial score (nSPS) is 19.7. The van der Waals surface area contributed by atoms with Crippen LogP contribution in [0.3, 0.4) is 0 Å². The summed E-state index contributed by atoms with van der Waals surface area (Å²) in [5, 5.41) is 3.92. The molecule has 1 atom stereocenters. The lowest BCUT2D eigenvalue weighted by Crippen LogP contribution is -2.37. The Kier molecular flexibility index (Phi) is 8.14. The second-order valence-electron chi connectivity index (χ2n) is 8.17. The lowest BCUT2D eigenvalue weighted by molar-refractivity contribution is 0.185. The van der Waals surface area contributed by atoms with Crippen LogP contribution in [0.1, 0.15) is 56.6 Å². The highest BCUT2D eigenvalue weighted by Crippen LogP contribution is 2.41. The minimum Gasteiger partial charge on any atom is -0.368 e. The molecule has 2 heterocycles. The molecule has 0 saturated carbocycles. The van der Waals surface area contributed by atoms with Crippen LogP contribution in [0.15, 0.2) is 59.5 Å². The van der Waals surface area contributed by atoms with Gasteiger partial charge in [-0.05, 0) is 93.1 Å². The summed E-state index contributed by atoms with van der Waals surface area (Å²) in [4.78, 5) is 7.40. The summed E-state index contributed by atoms with van der Waals surface area (Å²) >= 11 is 6.31. The van der Waals surface area contributed by atoms with Crippen LogP contribution in [0.4, 0.5) is 0 Å². The highest BCUT2D eigenvalue weighted by molar-refractivity contribution is 6.30. The van der Waals surface area contributed by atoms with E-state index in [0.717, 1.165) is 43.9 Å². The van der Waals surface area contributed by atoms with Gasteiger partial charge >= 0.3 is 0 Å². The minimum atomic E-state index is 0.375. The van der Waals surface area contributed by atoms with Crippen molar-refractivity contribution in [1.82, 2.24) is 10.2 Å². The third kappa shape index (κ3) is 5.83. The summed E-state index contributed by atoms with van der Waals surface area (Å²) < 4.78 is 0. The first-order valence-corrected chi connectivity index (χ1v) is 11.3. The van der Waals surface area contributed by atoms with Crippen molar-refractivity contribution >= 4 is 17.8 Å². The molecule has 0 radical (unpaired) electrons. The monoisotopic (exact) mass is 411 g/mol. The van der Waals surface area contributed by atoms with Gasteiger partial charge in [0, 0.05) is 35.6 Å². The summed E-state index contributed by atoms with van der Waals surface area (Å²) in [7, 11) is 0. The van der Waals surface area contributed by atoms with Crippen LogP contribution in [0.2, 0.25) is 5.02 Å². The van der Waals surface area contributed by atoms with Crippen molar-refractivity contribution in [3.05, 3.63) is 70.7 Å². The molecule has 1 N–H and O–H groups in total. The Hall–Kier alpha value is -1.84. The van der Waals surface area contributed by atoms with Gasteiger partial charge in [0.15, 0.2) is 0 Å². The number of halogens is 1. The van der Waals surface area contributed by atoms with Crippen LogP contribution in [0, 0.1) is 5.92 Å². The molecule has 1 saturated heterocycles. The first-order valence-electron chi connectivity index (χ1n) is 10.9. The van der Waals surface area contributed by atoms with Crippen molar-refractivity contribution in [2.75, 3.05) is 19.6 Å². The van der Waals surface area contributed by atoms with E-state index in [-0.39, 0.29) is 0 Å². The molecule has 0 spiro atoms. The Bertz CT molecular complexity index is 785. The maximum atomic E-state index is 6.31. The van der Waals surface area contributed by atoms with Gasteiger partial charge in [-0.3, -0.25) is 9.89 Å². The Morgan fingerprint density at radius 2 is 2.14 bits per heavy atom. The molecular formula is C25H34ClN3. The zero-order valence-electron chi connectivity index (χ0n) is 17.8. The van der Waals surface area contributed by atoms with Crippen LogP contribution in [0.5, 0.6) is 0 Å². The maximum Gasteiger partial charge on any atom is 0.0437 e. The number of aliphatic imine (C=N–C) groups is 1. The second kappa shape index (κ2) is 10.8. The zero-order valence-corrected chi connectivity index (χ0v) is 18.6. The molecule has 3 rings (SSSR count). The quantitative estimate of drug-likeness (QED) is 0.561. The molecule has 1 aromatic carbocycles. The first-order chi connectivity index (χ1) is 14.1. The molecule has 3 nitrogen and oxygen atoms in total. The summed E-state index contributed by atoms with van der Waals surface area (Å²) in [6, 6.07) is 6.44. The smallest absolute Gasteiger partial charge is 0.0437 e. The first kappa shape index (κ1) is 21.9. The molecule has 29 heavy (non-hydrogen) atoms. The van der Waals surface area contributed by atoms with Crippen molar-refractivity contribution in [2.24, 2.45) is 10.9 Å². The Morgan fingerprint density at radius 3 is 2.79 bits per heavy atom. The molecule has 1 unspecified atom stereocenters. The third-order valence-corrected chi connectivity index (χ3v) is 6.29. The van der Waals surface area contributed by atoms with E-state index in [1.807, 2.05) is 12.3 Å². The number of allylic oxidation sites excluding steroid dienone is 2. The number of nitrogens with zero attached hydrogens (tertiary/aromatic N) is 2. The number of rotatable bonds is 8. The second-order valence-corrected chi connectivity index (χ2v) is 8.60. The molecule has 156 valence electrons. The van der Waals surface area contributed by atoms with Gasteiger partial charge < -0.3 is 5.32 Å². The van der Waals surface area contributed by atoms with Gasteiger partial charge in [-0.25, -0.2) is 0 Å². The van der Waals surface area contributed by atoms with Gasteiger partial charge in [-0.2, -0.15) is 0 Å². The van der Waals surface area contributed by atoms with Crippen molar-refractivity contribution in [3.63, 3.8) is 0 Å². The fraction of sp³-hybridized carbons (Fsp3) is 0.480. The molecule has 0 aliphatic carbocycles. The number of hydrogen-bond acceptors (Lipinski definition) is 3. The number of benzene rings is 1. The average Bonchev–Trinajstić information content (AvgIpc) is 2.75. The summed E-state index contributed by atoms with van der Waals surface area (Å²) in [6.07, 6.45) is 13.8. The van der Waals surface area contributed by atoms with E-state index in [1.54, 1.807) is 6.20 Å². The van der Waals surface area contributed by atoms with Crippen LogP contribution >= 0.6 is 11.6 Å². The molecule has 0 aromatic heterocycles. The number of hydrogen-bond donors (Lipinski definition) is 1. The SMILES string of the molecule is C=CN/C=C(\C)CN1CCC(C(C2=CCCC=N2)c2ccc(Cl)cc2CC)CC1. The Morgan fingerprint density at radius 1 is 1.34 bits per heavy atom. The number of nitrogens with one attached hydrogen (secondary N) is 1. The molecule has 2 aliphatic heterocycles. The van der Waals surface area contributed by atoms with Gasteiger partial charge in [-0.1, -0.05) is 37.2 Å². The summed E-state index contributed by atoms with van der Waals surface area (Å²) in [5.74, 6) is 0.995. The van der Waals surface area contributed by atoms with E-state index in [1.165, 1.54) is 35.2 Å². The Balaban J connectivity index is 1.78. The minimum absolute atomic E-state index is 0.375. The van der Waals surface area contributed by atoms with Gasteiger partial charge in [0.1, 0.15) is 0 Å². The van der Waals surface area contributed by atoms with Crippen LogP contribution < -0.4 is 5.32 Å². The van der Waals surface area contributed by atoms with E-state index < -0.39 is 0 Å². The highest BCUT2D eigenvalue weighted by atomic mass is 35.5. The highest BCUT2D eigenvalue weighted by Gasteiger charge is 2.31. The summed E-state index contributed by atoms with van der Waals surface area (Å²) in [6.45, 7) is 11.4. The molecular weight excluding hydrogens is 378 g/mol. The fourth-order valence-electron chi connectivity index (χ4n) is 4.62. The Labute approximate surface area is 181 Å². The maximum absolute atomic E-state index is 6.31. The van der Waals surface area contributed by atoms with Crippen LogP contribution in [0.25, 0.3) is 0 Å². The molecule has 2 aliphatic rings. The molecule has 1 fully saturated rings. The lowest BCUT2D eigenvalue weighted by Gasteiger charge is -2.37. The molecule has 4 heteroatoms. The number of piperidine rings is 1. The van der Waals surface area contributed by atoms with Crippen LogP contribution in [-0.2, 0) is 6.42 Å². The topological polar surface area (TPSA) is 27.6 Å². The van der Waals surface area contributed by atoms with E-state index in [2.05, 4.69) is 55.1 Å². The van der Waals surface area contributed by atoms with Crippen molar-refractivity contribution in [3.8, 4) is 0 Å². The predicted octanol–water partition coefficient (Wildman–Crippen LogP) is 6.08. The molecule has 0 amide bonds. The van der Waals surface area contributed by atoms with Crippen molar-refractivity contribution in [1.29, 1.82) is 0 Å². The van der Waals surface area contributed by atoms with Crippen LogP contribution in [-0.4, -0.2) is 30.7 Å². The van der Waals surface area contributed by atoms with Crippen molar-refractivity contribution in [2.45, 2.75) is 51.9 Å². The van der Waals surface area contributed by atoms with E-state index in [4.69, 9.17) is 16.6 Å². The summed E-state index contributed by atoms with van der Waals surface area (Å²) in [5.41, 5.74) is 5.39. The van der Waals surface area contributed by atoms with E-state index >= 15 is 0 Å². The molecule has 0 bridgehead atoms. The van der Waals surface area contributed by atoms with E-state index in [9.17, 15) is 0 Å². The number of aryl methyl sites for hydroxylation is 1. The van der Waals surface area contributed by atoms with Gasteiger partial charge in [0.05, 0.1) is 0 Å². The van der Waals surface area contributed by atoms with Gasteiger partial charge in [0.25, 0.3) is 0 Å². The van der Waals surface area contributed by atoms with Gasteiger partial charge in [-0.15, -0.1) is 0 Å². The third-order valence-electron chi connectivity index (χ3n) is 6.05. The average molecular weight is 412 g/mol.